The van der Waals surface area contributed by atoms with Crippen LogP contribution < -0.4 is 4.74 Å². The van der Waals surface area contributed by atoms with E-state index in [1.54, 1.807) is 6.07 Å². The van der Waals surface area contributed by atoms with Crippen molar-refractivity contribution in [3.8, 4) is 5.75 Å². The second kappa shape index (κ2) is 3.82. The summed E-state index contributed by atoms with van der Waals surface area (Å²) in [4.78, 5) is 23.4. The first kappa shape index (κ1) is 11.7. The molecule has 0 saturated heterocycles. The van der Waals surface area contributed by atoms with Crippen molar-refractivity contribution in [2.75, 3.05) is 0 Å². The molecule has 96 valence electrons. The molecule has 1 aliphatic rings. The molecule has 4 nitrogen and oxygen atoms in total. The molecular formula is C15H12O4. The zero-order valence-electron chi connectivity index (χ0n) is 10.6. The lowest BCUT2D eigenvalue weighted by Gasteiger charge is -2.21. The number of ether oxygens (including phenoxy) is 2. The van der Waals surface area contributed by atoms with E-state index in [2.05, 4.69) is 0 Å². The topological polar surface area (TPSA) is 52.6 Å². The fourth-order valence-corrected chi connectivity index (χ4v) is 2.36. The summed E-state index contributed by atoms with van der Waals surface area (Å²) >= 11 is 0. The van der Waals surface area contributed by atoms with Gasteiger partial charge in [0.2, 0.25) is 5.78 Å². The van der Waals surface area contributed by atoms with E-state index in [1.165, 1.54) is 13.8 Å². The van der Waals surface area contributed by atoms with Gasteiger partial charge in [0.05, 0.1) is 5.56 Å². The third kappa shape index (κ3) is 1.68. The number of carbonyl (C=O) groups excluding carboxylic acids is 2. The number of Topliss-reactive ketones (excluding diaryl/α,β-unsaturated/α-hetero) is 1. The Balaban J connectivity index is 2.17. The van der Waals surface area contributed by atoms with Crippen LogP contribution in [-0.2, 0) is 9.53 Å². The van der Waals surface area contributed by atoms with Crippen LogP contribution >= 0.6 is 0 Å². The van der Waals surface area contributed by atoms with Gasteiger partial charge in [-0.1, -0.05) is 30.3 Å². The standard InChI is InChI=1S/C15H12O4/c1-9(16)18-15(2)14(17)12-8-7-10-5-3-4-6-11(10)13(12)19-15/h3-8H,1-2H3. The van der Waals surface area contributed by atoms with Crippen molar-refractivity contribution < 1.29 is 19.1 Å². The van der Waals surface area contributed by atoms with Gasteiger partial charge < -0.3 is 9.47 Å². The Bertz CT molecular complexity index is 704. The first-order valence-corrected chi connectivity index (χ1v) is 5.96. The van der Waals surface area contributed by atoms with Gasteiger partial charge in [0, 0.05) is 19.2 Å². The third-order valence-electron chi connectivity index (χ3n) is 3.17. The molecular weight excluding hydrogens is 244 g/mol. The van der Waals surface area contributed by atoms with E-state index >= 15 is 0 Å². The minimum Gasteiger partial charge on any atom is -0.444 e. The van der Waals surface area contributed by atoms with Gasteiger partial charge in [0.1, 0.15) is 5.75 Å². The first-order valence-electron chi connectivity index (χ1n) is 5.96. The summed E-state index contributed by atoms with van der Waals surface area (Å²) in [6, 6.07) is 11.2. The zero-order chi connectivity index (χ0) is 13.6. The summed E-state index contributed by atoms with van der Waals surface area (Å²) in [5, 5.41) is 1.81. The van der Waals surface area contributed by atoms with Crippen LogP contribution in [-0.4, -0.2) is 17.5 Å². The lowest BCUT2D eigenvalue weighted by Crippen LogP contribution is -2.41. The predicted molar refractivity (Wildman–Crippen MR) is 69.1 cm³/mol. The van der Waals surface area contributed by atoms with Crippen LogP contribution in [0.4, 0.5) is 0 Å². The van der Waals surface area contributed by atoms with Gasteiger partial charge in [0.25, 0.3) is 0 Å². The predicted octanol–water partition coefficient (Wildman–Crippen LogP) is 2.69. The minimum atomic E-state index is -1.56. The Kier molecular flexibility index (Phi) is 2.35. The number of ketones is 1. The van der Waals surface area contributed by atoms with Crippen LogP contribution in [0.2, 0.25) is 0 Å². The molecule has 1 atom stereocenters. The number of carbonyl (C=O) groups is 2. The Labute approximate surface area is 109 Å². The molecule has 0 spiro atoms. The molecule has 0 saturated carbocycles. The van der Waals surface area contributed by atoms with Gasteiger partial charge >= 0.3 is 11.8 Å². The average molecular weight is 256 g/mol. The Morgan fingerprint density at radius 3 is 2.68 bits per heavy atom. The summed E-state index contributed by atoms with van der Waals surface area (Å²) in [6.07, 6.45) is 0. The summed E-state index contributed by atoms with van der Waals surface area (Å²) in [6.45, 7) is 2.72. The molecule has 19 heavy (non-hydrogen) atoms. The normalized spacial score (nSPS) is 21.1. The van der Waals surface area contributed by atoms with Gasteiger partial charge in [-0.25, -0.2) is 0 Å². The summed E-state index contributed by atoms with van der Waals surface area (Å²) in [7, 11) is 0. The number of hydrogen-bond acceptors (Lipinski definition) is 4. The van der Waals surface area contributed by atoms with E-state index in [9.17, 15) is 9.59 Å². The monoisotopic (exact) mass is 256 g/mol. The van der Waals surface area contributed by atoms with Crippen molar-refractivity contribution in [1.82, 2.24) is 0 Å². The Morgan fingerprint density at radius 2 is 1.95 bits per heavy atom. The molecule has 0 aromatic heterocycles. The van der Waals surface area contributed by atoms with E-state index < -0.39 is 11.8 Å². The van der Waals surface area contributed by atoms with Crippen LogP contribution in [0, 0.1) is 0 Å². The van der Waals surface area contributed by atoms with Crippen LogP contribution in [0.25, 0.3) is 10.8 Å². The molecule has 1 aliphatic heterocycles. The first-order chi connectivity index (χ1) is 9.01. The fourth-order valence-electron chi connectivity index (χ4n) is 2.36. The number of fused-ring (bicyclic) bond motifs is 3. The molecule has 0 radical (unpaired) electrons. The third-order valence-corrected chi connectivity index (χ3v) is 3.17. The molecule has 0 fully saturated rings. The SMILES string of the molecule is CC(=O)OC1(C)Oc2c(ccc3ccccc23)C1=O. The van der Waals surface area contributed by atoms with Gasteiger partial charge in [-0.3, -0.25) is 9.59 Å². The van der Waals surface area contributed by atoms with Gasteiger partial charge in [-0.15, -0.1) is 0 Å². The smallest absolute Gasteiger partial charge is 0.315 e. The summed E-state index contributed by atoms with van der Waals surface area (Å²) < 4.78 is 10.7. The number of hydrogen-bond donors (Lipinski definition) is 0. The Morgan fingerprint density at radius 1 is 1.21 bits per heavy atom. The van der Waals surface area contributed by atoms with Crippen molar-refractivity contribution in [3.05, 3.63) is 42.0 Å². The molecule has 2 aromatic carbocycles. The maximum atomic E-state index is 12.3. The molecule has 1 heterocycles. The quantitative estimate of drug-likeness (QED) is 0.736. The second-order valence-corrected chi connectivity index (χ2v) is 4.63. The van der Waals surface area contributed by atoms with E-state index in [0.717, 1.165) is 10.8 Å². The fraction of sp³-hybridized carbons (Fsp3) is 0.200. The van der Waals surface area contributed by atoms with Crippen LogP contribution in [0.5, 0.6) is 5.75 Å². The molecule has 1 unspecified atom stereocenters. The van der Waals surface area contributed by atoms with Crippen molar-refractivity contribution in [2.24, 2.45) is 0 Å². The average Bonchev–Trinajstić information content (AvgIpc) is 2.61. The molecule has 0 N–H and O–H groups in total. The van der Waals surface area contributed by atoms with E-state index in [0.29, 0.717) is 11.3 Å². The van der Waals surface area contributed by atoms with Crippen LogP contribution in [0.3, 0.4) is 0 Å². The highest BCUT2D eigenvalue weighted by Gasteiger charge is 2.47. The van der Waals surface area contributed by atoms with E-state index in [-0.39, 0.29) is 5.78 Å². The van der Waals surface area contributed by atoms with Crippen LogP contribution in [0.15, 0.2) is 36.4 Å². The maximum absolute atomic E-state index is 12.3. The van der Waals surface area contributed by atoms with Crippen molar-refractivity contribution in [3.63, 3.8) is 0 Å². The maximum Gasteiger partial charge on any atom is 0.315 e. The molecule has 0 bridgehead atoms. The van der Waals surface area contributed by atoms with Gasteiger partial charge in [-0.2, -0.15) is 0 Å². The van der Waals surface area contributed by atoms with Crippen molar-refractivity contribution in [2.45, 2.75) is 19.6 Å². The van der Waals surface area contributed by atoms with Gasteiger partial charge in [0.15, 0.2) is 0 Å². The molecule has 4 heteroatoms. The highest BCUT2D eigenvalue weighted by atomic mass is 16.7. The summed E-state index contributed by atoms with van der Waals surface area (Å²) in [5.41, 5.74) is 0.447. The molecule has 0 amide bonds. The number of esters is 1. The highest BCUT2D eigenvalue weighted by Crippen LogP contribution is 2.40. The molecule has 2 aromatic rings. The molecule has 3 rings (SSSR count). The van der Waals surface area contributed by atoms with Crippen molar-refractivity contribution >= 4 is 22.5 Å². The molecule has 0 aliphatic carbocycles. The second-order valence-electron chi connectivity index (χ2n) is 4.63. The number of rotatable bonds is 1. The van der Waals surface area contributed by atoms with Crippen molar-refractivity contribution in [1.29, 1.82) is 0 Å². The van der Waals surface area contributed by atoms with Crippen LogP contribution in [0.1, 0.15) is 24.2 Å². The minimum absolute atomic E-state index is 0.330. The summed E-state index contributed by atoms with van der Waals surface area (Å²) in [5.74, 6) is -1.96. The lowest BCUT2D eigenvalue weighted by molar-refractivity contribution is -0.172. The highest BCUT2D eigenvalue weighted by molar-refractivity contribution is 6.11. The Hall–Kier alpha value is -2.36. The largest absolute Gasteiger partial charge is 0.444 e. The van der Waals surface area contributed by atoms with E-state index in [1.807, 2.05) is 30.3 Å². The van der Waals surface area contributed by atoms with E-state index in [4.69, 9.17) is 9.47 Å². The van der Waals surface area contributed by atoms with Gasteiger partial charge in [-0.05, 0) is 11.5 Å². The lowest BCUT2D eigenvalue weighted by atomic mass is 10.0. The number of benzene rings is 2. The zero-order valence-corrected chi connectivity index (χ0v) is 10.6.